The van der Waals surface area contributed by atoms with Crippen LogP contribution >= 0.6 is 11.8 Å². The molecule has 22 heavy (non-hydrogen) atoms. The van der Waals surface area contributed by atoms with Gasteiger partial charge in [-0.15, -0.1) is 10.2 Å². The van der Waals surface area contributed by atoms with E-state index < -0.39 is 0 Å². The van der Waals surface area contributed by atoms with Gasteiger partial charge in [-0.05, 0) is 32.6 Å². The van der Waals surface area contributed by atoms with Crippen molar-refractivity contribution in [3.05, 3.63) is 5.82 Å². The number of aromatic nitrogens is 3. The van der Waals surface area contributed by atoms with Crippen LogP contribution in [0.3, 0.4) is 0 Å². The van der Waals surface area contributed by atoms with Gasteiger partial charge in [-0.1, -0.05) is 11.8 Å². The summed E-state index contributed by atoms with van der Waals surface area (Å²) in [6.07, 6.45) is 4.72. The quantitative estimate of drug-likeness (QED) is 0.832. The molecule has 4 rings (SSSR count). The predicted octanol–water partition coefficient (Wildman–Crippen LogP) is 1.52. The van der Waals surface area contributed by atoms with Gasteiger partial charge >= 0.3 is 6.03 Å². The number of hydrogen-bond donors (Lipinski definition) is 1. The topological polar surface area (TPSA) is 80.1 Å². The normalized spacial score (nSPS) is 22.8. The molecule has 1 aromatic rings. The fraction of sp³-hybridized carbons (Fsp3) is 0.714. The zero-order chi connectivity index (χ0) is 15.3. The van der Waals surface area contributed by atoms with E-state index in [0.29, 0.717) is 25.0 Å². The number of nitrogens with zero attached hydrogens (tertiary/aromatic N) is 4. The molecule has 0 bridgehead atoms. The Hall–Kier alpha value is -1.57. The zero-order valence-corrected chi connectivity index (χ0v) is 13.3. The zero-order valence-electron chi connectivity index (χ0n) is 12.5. The van der Waals surface area contributed by atoms with Crippen molar-refractivity contribution >= 4 is 23.7 Å². The number of carbonyl (C=O) groups is 2. The minimum Gasteiger partial charge on any atom is -0.336 e. The molecule has 7 nitrogen and oxygen atoms in total. The molecular weight excluding hydrogens is 302 g/mol. The van der Waals surface area contributed by atoms with E-state index >= 15 is 0 Å². The van der Waals surface area contributed by atoms with Crippen LogP contribution in [0.4, 0.5) is 4.79 Å². The third-order valence-corrected chi connectivity index (χ3v) is 5.34. The fourth-order valence-electron chi connectivity index (χ4n) is 2.77. The van der Waals surface area contributed by atoms with E-state index in [0.717, 1.165) is 11.0 Å². The average molecular weight is 321 g/mol. The van der Waals surface area contributed by atoms with Crippen LogP contribution in [-0.4, -0.2) is 49.9 Å². The second-order valence-electron chi connectivity index (χ2n) is 6.20. The van der Waals surface area contributed by atoms with Gasteiger partial charge in [0, 0.05) is 25.0 Å². The van der Waals surface area contributed by atoms with Gasteiger partial charge in [0.1, 0.15) is 5.82 Å². The van der Waals surface area contributed by atoms with Crippen molar-refractivity contribution in [2.45, 2.75) is 55.0 Å². The lowest BCUT2D eigenvalue weighted by molar-refractivity contribution is -0.126. The first-order valence-corrected chi connectivity index (χ1v) is 8.74. The molecule has 1 aliphatic heterocycles. The van der Waals surface area contributed by atoms with E-state index in [-0.39, 0.29) is 17.2 Å². The summed E-state index contributed by atoms with van der Waals surface area (Å²) in [6, 6.07) is 0.213. The standard InChI is InChI=1S/C14H19N5O2S/c1-8(12(20)18-7-6-15-13(18)21)22-14-17-16-11(9-2-3-9)19(14)10-4-5-10/h8-10H,2-7H2,1H3,(H,15,21). The fourth-order valence-corrected chi connectivity index (χ4v) is 3.76. The molecule has 2 heterocycles. The third-order valence-electron chi connectivity index (χ3n) is 4.30. The minimum atomic E-state index is -0.336. The summed E-state index contributed by atoms with van der Waals surface area (Å²) in [5.74, 6) is 1.49. The van der Waals surface area contributed by atoms with Crippen LogP contribution in [-0.2, 0) is 4.79 Å². The van der Waals surface area contributed by atoms with E-state index in [1.54, 1.807) is 0 Å². The SMILES string of the molecule is CC(Sc1nnc(C2CC2)n1C1CC1)C(=O)N1CCNC1=O. The van der Waals surface area contributed by atoms with Gasteiger partial charge in [-0.25, -0.2) is 4.79 Å². The number of imide groups is 1. The second kappa shape index (κ2) is 5.26. The molecule has 1 saturated heterocycles. The highest BCUT2D eigenvalue weighted by Crippen LogP contribution is 2.46. The Morgan fingerprint density at radius 1 is 1.32 bits per heavy atom. The van der Waals surface area contributed by atoms with Crippen molar-refractivity contribution in [3.63, 3.8) is 0 Å². The summed E-state index contributed by atoms with van der Waals surface area (Å²) in [5.41, 5.74) is 0. The molecule has 0 radical (unpaired) electrons. The second-order valence-corrected chi connectivity index (χ2v) is 7.51. The van der Waals surface area contributed by atoms with Crippen LogP contribution in [0, 0.1) is 0 Å². The Kier molecular flexibility index (Phi) is 3.36. The largest absolute Gasteiger partial charge is 0.336 e. The maximum Gasteiger partial charge on any atom is 0.324 e. The maximum absolute atomic E-state index is 12.4. The number of rotatable bonds is 5. The van der Waals surface area contributed by atoms with Gasteiger partial charge in [-0.3, -0.25) is 9.69 Å². The Balaban J connectivity index is 1.50. The molecule has 8 heteroatoms. The lowest BCUT2D eigenvalue weighted by atomic mass is 10.4. The van der Waals surface area contributed by atoms with Crippen LogP contribution < -0.4 is 5.32 Å². The van der Waals surface area contributed by atoms with E-state index in [2.05, 4.69) is 20.1 Å². The lowest BCUT2D eigenvalue weighted by Crippen LogP contribution is -2.39. The predicted molar refractivity (Wildman–Crippen MR) is 80.7 cm³/mol. The Bertz CT molecular complexity index is 623. The van der Waals surface area contributed by atoms with Crippen LogP contribution in [0.15, 0.2) is 5.16 Å². The molecule has 118 valence electrons. The number of hydrogen-bond acceptors (Lipinski definition) is 5. The number of urea groups is 1. The first-order valence-electron chi connectivity index (χ1n) is 7.86. The highest BCUT2D eigenvalue weighted by molar-refractivity contribution is 8.00. The Morgan fingerprint density at radius 2 is 2.09 bits per heavy atom. The van der Waals surface area contributed by atoms with Crippen molar-refractivity contribution in [2.75, 3.05) is 13.1 Å². The molecule has 1 N–H and O–H groups in total. The van der Waals surface area contributed by atoms with Crippen molar-refractivity contribution in [3.8, 4) is 0 Å². The van der Waals surface area contributed by atoms with Crippen LogP contribution in [0.5, 0.6) is 0 Å². The first kappa shape index (κ1) is 14.0. The Morgan fingerprint density at radius 3 is 2.68 bits per heavy atom. The van der Waals surface area contributed by atoms with Crippen molar-refractivity contribution in [1.82, 2.24) is 25.0 Å². The highest BCUT2D eigenvalue weighted by Gasteiger charge is 2.38. The average Bonchev–Trinajstić information content (AvgIpc) is 3.43. The van der Waals surface area contributed by atoms with Gasteiger partial charge in [-0.2, -0.15) is 0 Å². The molecule has 0 spiro atoms. The number of carbonyl (C=O) groups excluding carboxylic acids is 2. The van der Waals surface area contributed by atoms with Gasteiger partial charge in [0.05, 0.1) is 5.25 Å². The Labute approximate surface area is 132 Å². The van der Waals surface area contributed by atoms with E-state index in [4.69, 9.17) is 0 Å². The van der Waals surface area contributed by atoms with Gasteiger partial charge in [0.15, 0.2) is 5.16 Å². The number of nitrogens with one attached hydrogen (secondary N) is 1. The summed E-state index contributed by atoms with van der Waals surface area (Å²) in [6.45, 7) is 2.82. The molecule has 3 amide bonds. The molecule has 1 atom stereocenters. The van der Waals surface area contributed by atoms with Crippen molar-refractivity contribution < 1.29 is 9.59 Å². The molecule has 3 aliphatic rings. The molecule has 2 saturated carbocycles. The summed E-state index contributed by atoms with van der Waals surface area (Å²) < 4.78 is 2.23. The third kappa shape index (κ3) is 2.49. The molecule has 3 fully saturated rings. The summed E-state index contributed by atoms with van der Waals surface area (Å²) in [5, 5.41) is 11.8. The molecule has 1 unspecified atom stereocenters. The van der Waals surface area contributed by atoms with E-state index in [9.17, 15) is 9.59 Å². The summed E-state index contributed by atoms with van der Waals surface area (Å²) in [7, 11) is 0. The van der Waals surface area contributed by atoms with Crippen LogP contribution in [0.2, 0.25) is 0 Å². The van der Waals surface area contributed by atoms with Gasteiger partial charge in [0.25, 0.3) is 0 Å². The van der Waals surface area contributed by atoms with E-state index in [1.165, 1.54) is 42.3 Å². The van der Waals surface area contributed by atoms with Crippen molar-refractivity contribution in [2.24, 2.45) is 0 Å². The maximum atomic E-state index is 12.4. The highest BCUT2D eigenvalue weighted by atomic mass is 32.2. The number of amides is 3. The molecule has 0 aromatic carbocycles. The van der Waals surface area contributed by atoms with Gasteiger partial charge in [0.2, 0.25) is 5.91 Å². The van der Waals surface area contributed by atoms with E-state index in [1.807, 2.05) is 6.92 Å². The lowest BCUT2D eigenvalue weighted by Gasteiger charge is -2.17. The molecule has 1 aromatic heterocycles. The summed E-state index contributed by atoms with van der Waals surface area (Å²) >= 11 is 1.42. The number of thioether (sulfide) groups is 1. The molecular formula is C14H19N5O2S. The van der Waals surface area contributed by atoms with Gasteiger partial charge < -0.3 is 9.88 Å². The smallest absolute Gasteiger partial charge is 0.324 e. The monoisotopic (exact) mass is 321 g/mol. The molecule has 2 aliphatic carbocycles. The summed E-state index contributed by atoms with van der Waals surface area (Å²) in [4.78, 5) is 25.3. The van der Waals surface area contributed by atoms with Crippen LogP contribution in [0.1, 0.15) is 50.4 Å². The van der Waals surface area contributed by atoms with Crippen molar-refractivity contribution in [1.29, 1.82) is 0 Å². The minimum absolute atomic E-state index is 0.154. The van der Waals surface area contributed by atoms with Crippen LogP contribution in [0.25, 0.3) is 0 Å². The first-order chi connectivity index (χ1) is 10.6.